The average molecular weight is 340 g/mol. The van der Waals surface area contributed by atoms with Gasteiger partial charge in [-0.25, -0.2) is 0 Å². The number of hydrogen-bond donors (Lipinski definition) is 0. The van der Waals surface area contributed by atoms with Crippen molar-refractivity contribution in [1.82, 2.24) is 0 Å². The standard InChI is InChI=1S/C20H21NS2/c1-14-7-3-4-8-16(14)21-13-17-18(15-9-12-22-19(15)23-17)20(21)10-5-2-6-11-20/h3-4,7-9,12H,2,5-6,10-11,13H2,1H3. The minimum absolute atomic E-state index is 0.249. The van der Waals surface area contributed by atoms with E-state index in [2.05, 4.69) is 47.5 Å². The lowest BCUT2D eigenvalue weighted by Gasteiger charge is -2.44. The third kappa shape index (κ3) is 1.90. The molecule has 1 aromatic carbocycles. The van der Waals surface area contributed by atoms with Gasteiger partial charge in [0.15, 0.2) is 0 Å². The van der Waals surface area contributed by atoms with E-state index in [1.54, 1.807) is 15.8 Å². The van der Waals surface area contributed by atoms with Gasteiger partial charge in [-0.2, -0.15) is 0 Å². The van der Waals surface area contributed by atoms with Crippen molar-refractivity contribution < 1.29 is 0 Å². The van der Waals surface area contributed by atoms with Gasteiger partial charge in [-0.15, -0.1) is 22.7 Å². The predicted octanol–water partition coefficient (Wildman–Crippen LogP) is 6.45. The zero-order chi connectivity index (χ0) is 15.4. The predicted molar refractivity (Wildman–Crippen MR) is 102 cm³/mol. The van der Waals surface area contributed by atoms with Crippen LogP contribution in [0.3, 0.4) is 0 Å². The summed E-state index contributed by atoms with van der Waals surface area (Å²) in [5, 5.41) is 3.82. The molecule has 1 fully saturated rings. The molecule has 118 valence electrons. The van der Waals surface area contributed by atoms with Gasteiger partial charge in [0.25, 0.3) is 0 Å². The first-order valence-corrected chi connectivity index (χ1v) is 10.3. The fourth-order valence-corrected chi connectivity index (χ4v) is 7.15. The van der Waals surface area contributed by atoms with E-state index < -0.39 is 0 Å². The van der Waals surface area contributed by atoms with Crippen LogP contribution < -0.4 is 4.90 Å². The van der Waals surface area contributed by atoms with Gasteiger partial charge in [0, 0.05) is 21.5 Å². The normalized spacial score (nSPS) is 19.6. The van der Waals surface area contributed by atoms with Gasteiger partial charge >= 0.3 is 0 Å². The minimum atomic E-state index is 0.249. The van der Waals surface area contributed by atoms with Crippen molar-refractivity contribution in [2.45, 2.75) is 51.1 Å². The summed E-state index contributed by atoms with van der Waals surface area (Å²) in [5.41, 5.74) is 4.79. The van der Waals surface area contributed by atoms with E-state index in [4.69, 9.17) is 0 Å². The zero-order valence-electron chi connectivity index (χ0n) is 13.5. The van der Waals surface area contributed by atoms with Crippen LogP contribution in [0.25, 0.3) is 9.40 Å². The Morgan fingerprint density at radius 2 is 1.87 bits per heavy atom. The van der Waals surface area contributed by atoms with Crippen molar-refractivity contribution >= 4 is 37.8 Å². The Hall–Kier alpha value is -1.32. The van der Waals surface area contributed by atoms with Gasteiger partial charge in [-0.3, -0.25) is 0 Å². The first-order valence-electron chi connectivity index (χ1n) is 8.62. The maximum atomic E-state index is 2.75. The Balaban J connectivity index is 1.73. The van der Waals surface area contributed by atoms with Crippen LogP contribution in [0, 0.1) is 6.92 Å². The summed E-state index contributed by atoms with van der Waals surface area (Å²) in [5.74, 6) is 0. The van der Waals surface area contributed by atoms with E-state index in [1.807, 2.05) is 22.7 Å². The Morgan fingerprint density at radius 3 is 2.70 bits per heavy atom. The van der Waals surface area contributed by atoms with E-state index in [9.17, 15) is 0 Å². The molecule has 5 rings (SSSR count). The molecule has 0 bridgehead atoms. The van der Waals surface area contributed by atoms with Crippen molar-refractivity contribution in [3.8, 4) is 0 Å². The molecule has 1 spiro atoms. The second kappa shape index (κ2) is 5.09. The van der Waals surface area contributed by atoms with Crippen LogP contribution >= 0.6 is 22.7 Å². The molecule has 0 radical (unpaired) electrons. The van der Waals surface area contributed by atoms with Crippen LogP contribution in [0.5, 0.6) is 0 Å². The number of thiophene rings is 2. The van der Waals surface area contributed by atoms with Gasteiger partial charge in [0.05, 0.1) is 16.1 Å². The van der Waals surface area contributed by atoms with Crippen LogP contribution in [0.1, 0.15) is 48.1 Å². The number of fused-ring (bicyclic) bond motifs is 4. The SMILES string of the molecule is Cc1ccccc1N1Cc2sc3sccc3c2C12CCCCC2. The molecule has 0 saturated heterocycles. The second-order valence-electron chi connectivity index (χ2n) is 6.99. The number of rotatable bonds is 1. The van der Waals surface area contributed by atoms with E-state index in [-0.39, 0.29) is 5.54 Å². The lowest BCUT2D eigenvalue weighted by Crippen LogP contribution is -2.43. The molecule has 2 aromatic heterocycles. The zero-order valence-corrected chi connectivity index (χ0v) is 15.1. The van der Waals surface area contributed by atoms with Crippen molar-refractivity contribution in [2.75, 3.05) is 4.90 Å². The van der Waals surface area contributed by atoms with Gasteiger partial charge in [0.2, 0.25) is 0 Å². The molecule has 0 N–H and O–H groups in total. The number of para-hydroxylation sites is 1. The fourth-order valence-electron chi connectivity index (χ4n) is 4.76. The first kappa shape index (κ1) is 14.1. The van der Waals surface area contributed by atoms with Crippen molar-refractivity contribution in [1.29, 1.82) is 0 Å². The minimum Gasteiger partial charge on any atom is -0.356 e. The summed E-state index contributed by atoms with van der Waals surface area (Å²) in [6, 6.07) is 11.3. The van der Waals surface area contributed by atoms with Gasteiger partial charge in [-0.1, -0.05) is 37.5 Å². The third-order valence-corrected chi connectivity index (χ3v) is 7.99. The number of nitrogens with zero attached hydrogens (tertiary/aromatic N) is 1. The largest absolute Gasteiger partial charge is 0.356 e. The summed E-state index contributed by atoms with van der Waals surface area (Å²) in [6.45, 7) is 3.37. The summed E-state index contributed by atoms with van der Waals surface area (Å²) < 4.78 is 1.53. The Bertz CT molecular complexity index is 867. The van der Waals surface area contributed by atoms with Crippen molar-refractivity contribution in [3.05, 3.63) is 51.7 Å². The van der Waals surface area contributed by atoms with Crippen LogP contribution in [-0.2, 0) is 12.1 Å². The van der Waals surface area contributed by atoms with Crippen molar-refractivity contribution in [3.63, 3.8) is 0 Å². The number of anilines is 1. The van der Waals surface area contributed by atoms with E-state index in [0.29, 0.717) is 0 Å². The van der Waals surface area contributed by atoms with Crippen LogP contribution in [0.4, 0.5) is 5.69 Å². The van der Waals surface area contributed by atoms with Crippen LogP contribution in [-0.4, -0.2) is 0 Å². The molecule has 3 aromatic rings. The van der Waals surface area contributed by atoms with E-state index in [1.165, 1.54) is 47.4 Å². The summed E-state index contributed by atoms with van der Waals surface area (Å²) in [7, 11) is 0. The van der Waals surface area contributed by atoms with E-state index >= 15 is 0 Å². The highest BCUT2D eigenvalue weighted by atomic mass is 32.2. The van der Waals surface area contributed by atoms with Gasteiger partial charge in [-0.05, 0) is 42.8 Å². The van der Waals surface area contributed by atoms with E-state index in [0.717, 1.165) is 6.54 Å². The lowest BCUT2D eigenvalue weighted by molar-refractivity contribution is 0.295. The molecule has 0 atom stereocenters. The molecule has 0 unspecified atom stereocenters. The van der Waals surface area contributed by atoms with Gasteiger partial charge < -0.3 is 4.90 Å². The highest BCUT2D eigenvalue weighted by Gasteiger charge is 2.48. The van der Waals surface area contributed by atoms with Crippen LogP contribution in [0.2, 0.25) is 0 Å². The second-order valence-corrected chi connectivity index (χ2v) is 9.27. The summed E-state index contributed by atoms with van der Waals surface area (Å²) in [6.07, 6.45) is 6.76. The van der Waals surface area contributed by atoms with Gasteiger partial charge in [0.1, 0.15) is 0 Å². The molecular formula is C20H21NS2. The highest BCUT2D eigenvalue weighted by Crippen LogP contribution is 2.56. The molecule has 3 heteroatoms. The van der Waals surface area contributed by atoms with Crippen molar-refractivity contribution in [2.24, 2.45) is 0 Å². The molecule has 1 nitrogen and oxygen atoms in total. The Labute approximate surface area is 145 Å². The maximum Gasteiger partial charge on any atom is 0.0872 e. The molecule has 0 amide bonds. The first-order chi connectivity index (χ1) is 11.3. The molecule has 1 aliphatic heterocycles. The monoisotopic (exact) mass is 339 g/mol. The third-order valence-electron chi connectivity index (χ3n) is 5.76. The number of benzene rings is 1. The topological polar surface area (TPSA) is 3.24 Å². The maximum absolute atomic E-state index is 2.75. The molecule has 2 aliphatic rings. The quantitative estimate of drug-likeness (QED) is 0.492. The summed E-state index contributed by atoms with van der Waals surface area (Å²) in [4.78, 5) is 4.37. The smallest absolute Gasteiger partial charge is 0.0872 e. The Kier molecular flexibility index (Phi) is 3.11. The fraction of sp³-hybridized carbons (Fsp3) is 0.400. The molecule has 23 heavy (non-hydrogen) atoms. The molecule has 1 aliphatic carbocycles. The number of aryl methyl sites for hydroxylation is 1. The average Bonchev–Trinajstić information content (AvgIpc) is 3.21. The highest BCUT2D eigenvalue weighted by molar-refractivity contribution is 7.37. The number of hydrogen-bond acceptors (Lipinski definition) is 3. The Morgan fingerprint density at radius 1 is 1.04 bits per heavy atom. The van der Waals surface area contributed by atoms with Crippen LogP contribution in [0.15, 0.2) is 35.7 Å². The lowest BCUT2D eigenvalue weighted by atomic mass is 9.76. The summed E-state index contributed by atoms with van der Waals surface area (Å²) >= 11 is 3.96. The molecule has 3 heterocycles. The molecule has 1 saturated carbocycles. The molecular weight excluding hydrogens is 318 g/mol.